The van der Waals surface area contributed by atoms with E-state index in [2.05, 4.69) is 25.5 Å². The molecule has 0 atom stereocenters. The molecule has 6 aromatic rings. The van der Waals surface area contributed by atoms with Gasteiger partial charge in [0.15, 0.2) is 11.6 Å². The predicted molar refractivity (Wildman–Crippen MR) is 167 cm³/mol. The Morgan fingerprint density at radius 3 is 2.50 bits per heavy atom. The van der Waals surface area contributed by atoms with Gasteiger partial charge in [-0.2, -0.15) is 15.2 Å². The van der Waals surface area contributed by atoms with Crippen LogP contribution in [0, 0.1) is 17.5 Å². The zero-order valence-corrected chi connectivity index (χ0v) is 25.6. The molecule has 0 bridgehead atoms. The Morgan fingerprint density at radius 1 is 1.00 bits per heavy atom. The van der Waals surface area contributed by atoms with Gasteiger partial charge in [-0.3, -0.25) is 9.25 Å². The van der Waals surface area contributed by atoms with Crippen molar-refractivity contribution < 1.29 is 23.1 Å². The van der Waals surface area contributed by atoms with E-state index in [0.717, 1.165) is 10.9 Å². The Balaban J connectivity index is 1.46. The maximum atomic E-state index is 14.9. The first-order chi connectivity index (χ1) is 22.9. The summed E-state index contributed by atoms with van der Waals surface area (Å²) in [4.78, 5) is 47.3. The molecule has 0 aliphatic heterocycles. The third kappa shape index (κ3) is 6.03. The van der Waals surface area contributed by atoms with Crippen LogP contribution in [-0.2, 0) is 33.2 Å². The van der Waals surface area contributed by atoms with Crippen LogP contribution in [0.1, 0.15) is 32.9 Å². The summed E-state index contributed by atoms with van der Waals surface area (Å²) in [5.41, 5.74) is 5.10. The monoisotopic (exact) mass is 680 g/mol. The van der Waals surface area contributed by atoms with E-state index in [4.69, 9.17) is 17.3 Å². The van der Waals surface area contributed by atoms with Crippen molar-refractivity contribution in [3.8, 4) is 0 Å². The Hall–Kier alpha value is -5.81. The lowest BCUT2D eigenvalue weighted by Crippen LogP contribution is -2.43. The standard InChI is InChI=1S/C30H24ClF3N10O4/c1-41-12-19-18(9-35)26(20(31)7-24(19)40-41)38-28-39-29(47)43(30(48)42(28)10-16-6-22(33)23(34)8-21(16)32)13-25-36-14-37-44(25)11-15-4-2-3-5-17(15)27(45)46/h2-8,12,14H,9-11,13,35H2,1H3,(H,45,46)(H,38,39,47). The maximum Gasteiger partial charge on any atom is 0.355 e. The molecule has 0 saturated carbocycles. The third-order valence-corrected chi connectivity index (χ3v) is 7.86. The highest BCUT2D eigenvalue weighted by molar-refractivity contribution is 6.34. The number of hydrogen-bond donors (Lipinski definition) is 3. The summed E-state index contributed by atoms with van der Waals surface area (Å²) in [5, 5.41) is 21.6. The zero-order valence-electron chi connectivity index (χ0n) is 24.9. The number of rotatable bonds is 10. The molecule has 0 fully saturated rings. The fourth-order valence-corrected chi connectivity index (χ4v) is 5.51. The van der Waals surface area contributed by atoms with Gasteiger partial charge in [0.25, 0.3) is 0 Å². The highest BCUT2D eigenvalue weighted by Crippen LogP contribution is 2.34. The second-order valence-corrected chi connectivity index (χ2v) is 11.0. The molecule has 0 spiro atoms. The van der Waals surface area contributed by atoms with Gasteiger partial charge >= 0.3 is 17.3 Å². The van der Waals surface area contributed by atoms with E-state index in [9.17, 15) is 32.7 Å². The molecular weight excluding hydrogens is 657 g/mol. The molecular formula is C30H24ClF3N10O4. The van der Waals surface area contributed by atoms with Crippen LogP contribution in [0.15, 0.2) is 64.6 Å². The molecule has 3 heterocycles. The molecule has 0 aliphatic carbocycles. The number of nitrogens with two attached hydrogens (primary N) is 1. The Labute approximate surface area is 272 Å². The van der Waals surface area contributed by atoms with E-state index >= 15 is 0 Å². The lowest BCUT2D eigenvalue weighted by molar-refractivity contribution is 0.0695. The van der Waals surface area contributed by atoms with Gasteiger partial charge in [0.05, 0.1) is 41.4 Å². The lowest BCUT2D eigenvalue weighted by Gasteiger charge is -2.18. The van der Waals surface area contributed by atoms with Gasteiger partial charge in [0.1, 0.15) is 18.0 Å². The molecule has 3 aromatic carbocycles. The van der Waals surface area contributed by atoms with Crippen molar-refractivity contribution in [2.75, 3.05) is 5.32 Å². The number of carboxylic acids is 1. The van der Waals surface area contributed by atoms with Gasteiger partial charge in [-0.25, -0.2) is 41.8 Å². The first-order valence-electron chi connectivity index (χ1n) is 14.1. The summed E-state index contributed by atoms with van der Waals surface area (Å²) in [5.74, 6) is -5.43. The lowest BCUT2D eigenvalue weighted by atomic mass is 10.1. The predicted octanol–water partition coefficient (Wildman–Crippen LogP) is 3.00. The molecule has 0 unspecified atom stereocenters. The van der Waals surface area contributed by atoms with Crippen molar-refractivity contribution in [3.63, 3.8) is 0 Å². The molecule has 4 N–H and O–H groups in total. The third-order valence-electron chi connectivity index (χ3n) is 7.56. The SMILES string of the molecule is Cn1cc2c(CN)c(Nc3nc(=O)n(Cc4ncnn4Cc4ccccc4C(=O)O)c(=O)n3Cc3cc(F)c(F)cc3F)c(Cl)cc2n1. The molecule has 0 amide bonds. The Kier molecular flexibility index (Phi) is 8.55. The van der Waals surface area contributed by atoms with Crippen molar-refractivity contribution in [2.45, 2.75) is 26.2 Å². The first-order valence-corrected chi connectivity index (χ1v) is 14.5. The normalized spacial score (nSPS) is 11.4. The molecule has 48 heavy (non-hydrogen) atoms. The highest BCUT2D eigenvalue weighted by atomic mass is 35.5. The quantitative estimate of drug-likeness (QED) is 0.182. The largest absolute Gasteiger partial charge is 0.478 e. The van der Waals surface area contributed by atoms with E-state index in [1.165, 1.54) is 16.8 Å². The number of nitrogens with one attached hydrogen (secondary N) is 1. The number of aryl methyl sites for hydroxylation is 1. The van der Waals surface area contributed by atoms with E-state index in [1.54, 1.807) is 36.1 Å². The fourth-order valence-electron chi connectivity index (χ4n) is 5.24. The Morgan fingerprint density at radius 2 is 1.75 bits per heavy atom. The van der Waals surface area contributed by atoms with Crippen LogP contribution in [0.3, 0.4) is 0 Å². The minimum absolute atomic E-state index is 0.0177. The smallest absolute Gasteiger partial charge is 0.355 e. The van der Waals surface area contributed by atoms with E-state index in [1.807, 2.05) is 0 Å². The van der Waals surface area contributed by atoms with Crippen LogP contribution in [0.4, 0.5) is 24.8 Å². The molecule has 0 saturated heterocycles. The molecule has 6 rings (SSSR count). The van der Waals surface area contributed by atoms with Crippen molar-refractivity contribution in [3.05, 3.63) is 127 Å². The number of nitrogens with zero attached hydrogens (tertiary/aromatic N) is 8. The summed E-state index contributed by atoms with van der Waals surface area (Å²) in [6.45, 7) is -1.30. The number of carboxylic acid groups (broad SMARTS) is 1. The molecule has 18 heteroatoms. The number of halogens is 4. The summed E-state index contributed by atoms with van der Waals surface area (Å²) < 4.78 is 47.2. The number of hydrogen-bond acceptors (Lipinski definition) is 9. The zero-order chi connectivity index (χ0) is 34.3. The fraction of sp³-hybridized carbons (Fsp3) is 0.167. The number of aromatic carboxylic acids is 1. The minimum Gasteiger partial charge on any atom is -0.478 e. The number of benzene rings is 3. The van der Waals surface area contributed by atoms with Crippen LogP contribution in [0.5, 0.6) is 0 Å². The number of carbonyl (C=O) groups is 1. The van der Waals surface area contributed by atoms with Gasteiger partial charge in [0, 0.05) is 42.4 Å². The van der Waals surface area contributed by atoms with Crippen molar-refractivity contribution in [2.24, 2.45) is 12.8 Å². The number of aromatic nitrogens is 8. The van der Waals surface area contributed by atoms with Crippen LogP contribution < -0.4 is 22.4 Å². The van der Waals surface area contributed by atoms with Crippen molar-refractivity contribution in [1.29, 1.82) is 0 Å². The molecule has 0 aliphatic rings. The summed E-state index contributed by atoms with van der Waals surface area (Å²) in [6, 6.07) is 8.66. The van der Waals surface area contributed by atoms with Gasteiger partial charge in [-0.05, 0) is 23.8 Å². The van der Waals surface area contributed by atoms with Crippen LogP contribution >= 0.6 is 11.6 Å². The topological polar surface area (TPSA) is 181 Å². The summed E-state index contributed by atoms with van der Waals surface area (Å²) in [6.07, 6.45) is 2.85. The average molecular weight is 681 g/mol. The van der Waals surface area contributed by atoms with Gasteiger partial charge in [-0.1, -0.05) is 29.8 Å². The highest BCUT2D eigenvalue weighted by Gasteiger charge is 2.22. The van der Waals surface area contributed by atoms with Gasteiger partial charge in [0.2, 0.25) is 5.95 Å². The first kappa shape index (κ1) is 32.1. The second kappa shape index (κ2) is 12.8. The van der Waals surface area contributed by atoms with E-state index < -0.39 is 59.4 Å². The number of fused-ring (bicyclic) bond motifs is 1. The van der Waals surface area contributed by atoms with Crippen LogP contribution in [0.25, 0.3) is 10.9 Å². The summed E-state index contributed by atoms with van der Waals surface area (Å²) in [7, 11) is 1.70. The van der Waals surface area contributed by atoms with Crippen molar-refractivity contribution >= 4 is 40.1 Å². The van der Waals surface area contributed by atoms with Crippen molar-refractivity contribution in [1.82, 2.24) is 38.7 Å². The molecule has 0 radical (unpaired) electrons. The summed E-state index contributed by atoms with van der Waals surface area (Å²) >= 11 is 6.57. The molecule has 246 valence electrons. The molecule has 14 nitrogen and oxygen atoms in total. The average Bonchev–Trinajstić information content (AvgIpc) is 3.64. The van der Waals surface area contributed by atoms with E-state index in [0.29, 0.717) is 38.7 Å². The maximum absolute atomic E-state index is 14.9. The van der Waals surface area contributed by atoms with Crippen LogP contribution in [0.2, 0.25) is 5.02 Å². The Bertz CT molecular complexity index is 2350. The minimum atomic E-state index is -1.43. The van der Waals surface area contributed by atoms with Crippen LogP contribution in [-0.4, -0.2) is 49.7 Å². The van der Waals surface area contributed by atoms with Gasteiger partial charge < -0.3 is 16.2 Å². The van der Waals surface area contributed by atoms with E-state index in [-0.39, 0.29) is 35.2 Å². The molecule has 3 aromatic heterocycles. The second-order valence-electron chi connectivity index (χ2n) is 10.6. The number of anilines is 2. The van der Waals surface area contributed by atoms with Gasteiger partial charge in [-0.15, -0.1) is 0 Å².